The summed E-state index contributed by atoms with van der Waals surface area (Å²) in [6.45, 7) is 0.516. The largest absolute Gasteiger partial charge is 0.489 e. The second-order valence-corrected chi connectivity index (χ2v) is 6.74. The third-order valence-corrected chi connectivity index (χ3v) is 4.90. The molecule has 0 saturated carbocycles. The molecule has 4 rings (SSSR count). The van der Waals surface area contributed by atoms with E-state index in [1.54, 1.807) is 0 Å². The van der Waals surface area contributed by atoms with Crippen molar-refractivity contribution in [3.63, 3.8) is 0 Å². The molecule has 0 aliphatic rings. The Bertz CT molecular complexity index is 955. The molecule has 4 aromatic rings. The minimum Gasteiger partial charge on any atom is -0.489 e. The van der Waals surface area contributed by atoms with E-state index in [9.17, 15) is 5.11 Å². The molecule has 0 aliphatic heterocycles. The van der Waals surface area contributed by atoms with E-state index < -0.39 is 5.60 Å². The summed E-state index contributed by atoms with van der Waals surface area (Å²) in [5.41, 5.74) is 2.37. The third kappa shape index (κ3) is 3.68. The SMILES string of the molecule is OC(c1ccccc1)(c1ccccc1)c1ccc(OCc2ccccc2)cc1. The van der Waals surface area contributed by atoms with Gasteiger partial charge in [0.15, 0.2) is 0 Å². The van der Waals surface area contributed by atoms with Gasteiger partial charge >= 0.3 is 0 Å². The molecular formula is C26H22O2. The normalized spacial score (nSPS) is 11.2. The molecule has 0 spiro atoms. The number of rotatable bonds is 6. The van der Waals surface area contributed by atoms with Crippen LogP contribution < -0.4 is 4.74 Å². The molecule has 4 aromatic carbocycles. The molecule has 0 radical (unpaired) electrons. The number of hydrogen-bond donors (Lipinski definition) is 1. The molecule has 0 saturated heterocycles. The van der Waals surface area contributed by atoms with E-state index in [1.807, 2.05) is 115 Å². The number of hydrogen-bond acceptors (Lipinski definition) is 2. The summed E-state index contributed by atoms with van der Waals surface area (Å²) < 4.78 is 5.89. The lowest BCUT2D eigenvalue weighted by Gasteiger charge is -2.30. The summed E-state index contributed by atoms with van der Waals surface area (Å²) in [5.74, 6) is 0.774. The van der Waals surface area contributed by atoms with E-state index in [1.165, 1.54) is 0 Å². The quantitative estimate of drug-likeness (QED) is 0.453. The highest BCUT2D eigenvalue weighted by Crippen LogP contribution is 2.37. The van der Waals surface area contributed by atoms with Crippen molar-refractivity contribution >= 4 is 0 Å². The van der Waals surface area contributed by atoms with Crippen molar-refractivity contribution in [2.75, 3.05) is 0 Å². The third-order valence-electron chi connectivity index (χ3n) is 4.90. The monoisotopic (exact) mass is 366 g/mol. The zero-order valence-electron chi connectivity index (χ0n) is 15.5. The van der Waals surface area contributed by atoms with Gasteiger partial charge in [0.25, 0.3) is 0 Å². The van der Waals surface area contributed by atoms with Crippen molar-refractivity contribution in [3.8, 4) is 5.75 Å². The van der Waals surface area contributed by atoms with Gasteiger partial charge in [-0.25, -0.2) is 0 Å². The molecule has 0 unspecified atom stereocenters. The molecule has 0 atom stereocenters. The summed E-state index contributed by atoms with van der Waals surface area (Å²) in [6, 6.07) is 37.3. The van der Waals surface area contributed by atoms with Crippen molar-refractivity contribution in [2.24, 2.45) is 0 Å². The van der Waals surface area contributed by atoms with Gasteiger partial charge < -0.3 is 9.84 Å². The first-order valence-electron chi connectivity index (χ1n) is 9.37. The molecule has 0 aliphatic carbocycles. The van der Waals surface area contributed by atoms with Gasteiger partial charge in [-0.1, -0.05) is 103 Å². The Labute approximate surface area is 165 Å². The highest BCUT2D eigenvalue weighted by Gasteiger charge is 2.33. The van der Waals surface area contributed by atoms with Gasteiger partial charge in [0, 0.05) is 0 Å². The van der Waals surface area contributed by atoms with Crippen LogP contribution in [-0.4, -0.2) is 5.11 Å². The van der Waals surface area contributed by atoms with E-state index in [4.69, 9.17) is 4.74 Å². The minimum absolute atomic E-state index is 0.516. The predicted molar refractivity (Wildman–Crippen MR) is 112 cm³/mol. The van der Waals surface area contributed by atoms with Crippen molar-refractivity contribution < 1.29 is 9.84 Å². The molecule has 2 nitrogen and oxygen atoms in total. The average molecular weight is 366 g/mol. The van der Waals surface area contributed by atoms with Crippen LogP contribution in [0.25, 0.3) is 0 Å². The maximum Gasteiger partial charge on any atom is 0.140 e. The molecular weight excluding hydrogens is 344 g/mol. The van der Waals surface area contributed by atoms with Crippen molar-refractivity contribution in [1.29, 1.82) is 0 Å². The highest BCUT2D eigenvalue weighted by atomic mass is 16.5. The van der Waals surface area contributed by atoms with Crippen LogP contribution in [0.15, 0.2) is 115 Å². The van der Waals surface area contributed by atoms with E-state index in [0.29, 0.717) is 6.61 Å². The fraction of sp³-hybridized carbons (Fsp3) is 0.0769. The first-order valence-corrected chi connectivity index (χ1v) is 9.37. The fourth-order valence-electron chi connectivity index (χ4n) is 3.39. The lowest BCUT2D eigenvalue weighted by molar-refractivity contribution is 0.125. The average Bonchev–Trinajstić information content (AvgIpc) is 2.79. The van der Waals surface area contributed by atoms with Gasteiger partial charge in [-0.2, -0.15) is 0 Å². The molecule has 138 valence electrons. The topological polar surface area (TPSA) is 29.5 Å². The van der Waals surface area contributed by atoms with Gasteiger partial charge in [0.05, 0.1) is 0 Å². The Morgan fingerprint density at radius 2 is 0.964 bits per heavy atom. The second kappa shape index (κ2) is 8.12. The Morgan fingerprint density at radius 1 is 0.536 bits per heavy atom. The lowest BCUT2D eigenvalue weighted by Crippen LogP contribution is -2.28. The Balaban J connectivity index is 1.64. The van der Waals surface area contributed by atoms with Gasteiger partial charge in [-0.15, -0.1) is 0 Å². The summed E-state index contributed by atoms with van der Waals surface area (Å²) in [6.07, 6.45) is 0. The molecule has 28 heavy (non-hydrogen) atoms. The fourth-order valence-corrected chi connectivity index (χ4v) is 3.39. The van der Waals surface area contributed by atoms with Crippen LogP contribution in [0.3, 0.4) is 0 Å². The first-order chi connectivity index (χ1) is 13.8. The molecule has 1 N–H and O–H groups in total. The first kappa shape index (κ1) is 18.0. The summed E-state index contributed by atoms with van der Waals surface area (Å²) in [4.78, 5) is 0. The molecule has 2 heteroatoms. The van der Waals surface area contributed by atoms with Crippen molar-refractivity contribution in [2.45, 2.75) is 12.2 Å². The minimum atomic E-state index is -1.22. The van der Waals surface area contributed by atoms with E-state index in [2.05, 4.69) is 0 Å². The van der Waals surface area contributed by atoms with Gasteiger partial charge in [0.1, 0.15) is 18.0 Å². The maximum atomic E-state index is 11.8. The van der Waals surface area contributed by atoms with Crippen molar-refractivity contribution in [1.82, 2.24) is 0 Å². The van der Waals surface area contributed by atoms with Crippen LogP contribution in [0, 0.1) is 0 Å². The second-order valence-electron chi connectivity index (χ2n) is 6.74. The van der Waals surface area contributed by atoms with Crippen LogP contribution >= 0.6 is 0 Å². The standard InChI is InChI=1S/C26H22O2/c27-26(22-12-6-2-7-13-22,23-14-8-3-9-15-23)24-16-18-25(19-17-24)28-20-21-10-4-1-5-11-21/h1-19,27H,20H2. The Morgan fingerprint density at radius 3 is 1.46 bits per heavy atom. The number of aliphatic hydroxyl groups is 1. The smallest absolute Gasteiger partial charge is 0.140 e. The molecule has 0 aromatic heterocycles. The lowest BCUT2D eigenvalue weighted by atomic mass is 9.80. The number of ether oxygens (including phenoxy) is 1. The molecule has 0 bridgehead atoms. The summed E-state index contributed by atoms with van der Waals surface area (Å²) >= 11 is 0. The maximum absolute atomic E-state index is 11.8. The van der Waals surface area contributed by atoms with Crippen molar-refractivity contribution in [3.05, 3.63) is 138 Å². The van der Waals surface area contributed by atoms with E-state index >= 15 is 0 Å². The van der Waals surface area contributed by atoms with Gasteiger partial charge in [0.2, 0.25) is 0 Å². The van der Waals surface area contributed by atoms with E-state index in [0.717, 1.165) is 28.0 Å². The molecule has 0 fully saturated rings. The summed E-state index contributed by atoms with van der Waals surface area (Å²) in [7, 11) is 0. The van der Waals surface area contributed by atoms with Crippen LogP contribution in [-0.2, 0) is 12.2 Å². The predicted octanol–water partition coefficient (Wildman–Crippen LogP) is 5.55. The van der Waals surface area contributed by atoms with Gasteiger partial charge in [-0.05, 0) is 34.4 Å². The number of benzene rings is 4. The zero-order chi connectivity index (χ0) is 19.2. The van der Waals surface area contributed by atoms with Crippen LogP contribution in [0.4, 0.5) is 0 Å². The highest BCUT2D eigenvalue weighted by molar-refractivity contribution is 5.47. The van der Waals surface area contributed by atoms with E-state index in [-0.39, 0.29) is 0 Å². The van der Waals surface area contributed by atoms with Crippen LogP contribution in [0.5, 0.6) is 5.75 Å². The Hall–Kier alpha value is -3.36. The van der Waals surface area contributed by atoms with Gasteiger partial charge in [-0.3, -0.25) is 0 Å². The zero-order valence-corrected chi connectivity index (χ0v) is 15.5. The molecule has 0 heterocycles. The summed E-state index contributed by atoms with van der Waals surface area (Å²) in [5, 5.41) is 11.8. The molecule has 0 amide bonds. The van der Waals surface area contributed by atoms with Crippen LogP contribution in [0.2, 0.25) is 0 Å². The Kier molecular flexibility index (Phi) is 5.22. The van der Waals surface area contributed by atoms with Crippen LogP contribution in [0.1, 0.15) is 22.3 Å².